The molecule has 0 radical (unpaired) electrons. The van der Waals surface area contributed by atoms with Gasteiger partial charge in [0, 0.05) is 18.2 Å². The summed E-state index contributed by atoms with van der Waals surface area (Å²) in [6.45, 7) is 0.423. The number of hydrogen-bond donors (Lipinski definition) is 2. The Morgan fingerprint density at radius 1 is 1.18 bits per heavy atom. The average molecular weight is 378 g/mol. The van der Waals surface area contributed by atoms with Crippen molar-refractivity contribution in [2.45, 2.75) is 31.7 Å². The molecule has 7 heteroatoms. The fourth-order valence-electron chi connectivity index (χ4n) is 2.90. The standard InChI is InChI=1S/C21H22N4O3/c1-27-17-10-6-14(7-11-17)13-22-21(26)23-18-5-3-2-4-16(18)12-19-24-20(25-28-19)15-8-9-15/h2-7,10-11,15H,8-9,12-13H2,1H3,(H2,22,23,26). The molecule has 2 amide bonds. The van der Waals surface area contributed by atoms with E-state index in [1.165, 1.54) is 0 Å². The van der Waals surface area contributed by atoms with Crippen molar-refractivity contribution in [3.05, 3.63) is 71.4 Å². The minimum Gasteiger partial charge on any atom is -0.497 e. The zero-order valence-electron chi connectivity index (χ0n) is 15.6. The van der Waals surface area contributed by atoms with Gasteiger partial charge in [-0.25, -0.2) is 4.79 Å². The van der Waals surface area contributed by atoms with Gasteiger partial charge in [0.05, 0.1) is 13.5 Å². The lowest BCUT2D eigenvalue weighted by Gasteiger charge is -2.11. The van der Waals surface area contributed by atoms with E-state index in [0.29, 0.717) is 24.8 Å². The monoisotopic (exact) mass is 378 g/mol. The second-order valence-electron chi connectivity index (χ2n) is 6.81. The number of anilines is 1. The van der Waals surface area contributed by atoms with Crippen LogP contribution in [0.3, 0.4) is 0 Å². The molecule has 2 N–H and O–H groups in total. The second-order valence-corrected chi connectivity index (χ2v) is 6.81. The number of nitrogens with zero attached hydrogens (tertiary/aromatic N) is 2. The molecule has 0 atom stereocenters. The van der Waals surface area contributed by atoms with Crippen LogP contribution in [0, 0.1) is 0 Å². The first kappa shape index (κ1) is 18.0. The number of methoxy groups -OCH3 is 1. The van der Waals surface area contributed by atoms with Crippen molar-refractivity contribution in [1.29, 1.82) is 0 Å². The van der Waals surface area contributed by atoms with Gasteiger partial charge >= 0.3 is 6.03 Å². The van der Waals surface area contributed by atoms with Crippen molar-refractivity contribution < 1.29 is 14.1 Å². The van der Waals surface area contributed by atoms with Crippen LogP contribution in [0.4, 0.5) is 10.5 Å². The summed E-state index contributed by atoms with van der Waals surface area (Å²) in [5.41, 5.74) is 2.64. The Hall–Kier alpha value is -3.35. The highest BCUT2D eigenvalue weighted by Gasteiger charge is 2.28. The number of carbonyl (C=O) groups excluding carboxylic acids is 1. The largest absolute Gasteiger partial charge is 0.497 e. The molecule has 1 fully saturated rings. The number of nitrogens with one attached hydrogen (secondary N) is 2. The van der Waals surface area contributed by atoms with Crippen molar-refractivity contribution in [3.63, 3.8) is 0 Å². The van der Waals surface area contributed by atoms with Crippen LogP contribution in [0.25, 0.3) is 0 Å². The smallest absolute Gasteiger partial charge is 0.319 e. The molecule has 1 aromatic heterocycles. The van der Waals surface area contributed by atoms with E-state index in [1.807, 2.05) is 48.5 Å². The van der Waals surface area contributed by atoms with Crippen molar-refractivity contribution >= 4 is 11.7 Å². The molecule has 2 aromatic carbocycles. The lowest BCUT2D eigenvalue weighted by molar-refractivity contribution is 0.251. The minimum absolute atomic E-state index is 0.271. The minimum atomic E-state index is -0.271. The second kappa shape index (κ2) is 8.12. The van der Waals surface area contributed by atoms with E-state index in [9.17, 15) is 4.79 Å². The summed E-state index contributed by atoms with van der Waals surface area (Å²) < 4.78 is 10.5. The van der Waals surface area contributed by atoms with Gasteiger partial charge in [-0.15, -0.1) is 0 Å². The van der Waals surface area contributed by atoms with Crippen LogP contribution in [0.1, 0.15) is 41.6 Å². The molecule has 0 bridgehead atoms. The first-order chi connectivity index (χ1) is 13.7. The number of aromatic nitrogens is 2. The summed E-state index contributed by atoms with van der Waals surface area (Å²) in [6, 6.07) is 14.9. The first-order valence-corrected chi connectivity index (χ1v) is 9.29. The Morgan fingerprint density at radius 2 is 1.96 bits per heavy atom. The molecule has 0 aliphatic heterocycles. The van der Waals surface area contributed by atoms with Crippen molar-refractivity contribution in [3.8, 4) is 5.75 Å². The first-order valence-electron chi connectivity index (χ1n) is 9.29. The molecule has 4 rings (SSSR count). The summed E-state index contributed by atoms with van der Waals surface area (Å²) in [6.07, 6.45) is 2.74. The van der Waals surface area contributed by atoms with E-state index in [-0.39, 0.29) is 6.03 Å². The van der Waals surface area contributed by atoms with Gasteiger partial charge in [0.25, 0.3) is 0 Å². The summed E-state index contributed by atoms with van der Waals surface area (Å²) in [7, 11) is 1.62. The van der Waals surface area contributed by atoms with E-state index in [1.54, 1.807) is 7.11 Å². The molecule has 1 aliphatic carbocycles. The maximum Gasteiger partial charge on any atom is 0.319 e. The number of para-hydroxylation sites is 1. The Morgan fingerprint density at radius 3 is 2.71 bits per heavy atom. The number of benzene rings is 2. The average Bonchev–Trinajstić information content (AvgIpc) is 3.47. The number of hydrogen-bond acceptors (Lipinski definition) is 5. The Kier molecular flexibility index (Phi) is 5.23. The van der Waals surface area contributed by atoms with Crippen molar-refractivity contribution in [1.82, 2.24) is 15.5 Å². The molecule has 1 aliphatic rings. The van der Waals surface area contributed by atoms with Crippen molar-refractivity contribution in [2.75, 3.05) is 12.4 Å². The Labute approximate surface area is 163 Å². The van der Waals surface area contributed by atoms with Gasteiger partial charge in [0.1, 0.15) is 5.75 Å². The Balaban J connectivity index is 1.36. The van der Waals surface area contributed by atoms with Crippen molar-refractivity contribution in [2.24, 2.45) is 0 Å². The highest BCUT2D eigenvalue weighted by atomic mass is 16.5. The lowest BCUT2D eigenvalue weighted by Crippen LogP contribution is -2.28. The Bertz CT molecular complexity index is 948. The zero-order valence-corrected chi connectivity index (χ0v) is 15.6. The highest BCUT2D eigenvalue weighted by Crippen LogP contribution is 2.38. The third-order valence-corrected chi connectivity index (χ3v) is 4.65. The van der Waals surface area contributed by atoms with E-state index in [4.69, 9.17) is 9.26 Å². The van der Waals surface area contributed by atoms with Crippen LogP contribution in [0.15, 0.2) is 53.1 Å². The predicted molar refractivity (Wildman–Crippen MR) is 104 cm³/mol. The third-order valence-electron chi connectivity index (χ3n) is 4.65. The third kappa shape index (κ3) is 4.49. The molecule has 0 unspecified atom stereocenters. The zero-order chi connectivity index (χ0) is 19.3. The van der Waals surface area contributed by atoms with E-state index in [0.717, 1.165) is 41.2 Å². The molecule has 1 heterocycles. The number of carbonyl (C=O) groups is 1. The summed E-state index contributed by atoms with van der Waals surface area (Å²) in [4.78, 5) is 16.8. The van der Waals surface area contributed by atoms with Crippen LogP contribution in [-0.4, -0.2) is 23.3 Å². The molecule has 3 aromatic rings. The number of amides is 2. The quantitative estimate of drug-likeness (QED) is 0.651. The van der Waals surface area contributed by atoms with Gasteiger partial charge in [-0.2, -0.15) is 4.98 Å². The van der Waals surface area contributed by atoms with Crippen LogP contribution >= 0.6 is 0 Å². The maximum atomic E-state index is 12.3. The van der Waals surface area contributed by atoms with Crippen LogP contribution in [0.2, 0.25) is 0 Å². The van der Waals surface area contributed by atoms with Gasteiger partial charge in [-0.1, -0.05) is 35.5 Å². The number of urea groups is 1. The lowest BCUT2D eigenvalue weighted by atomic mass is 10.1. The van der Waals surface area contributed by atoms with Gasteiger partial charge in [-0.05, 0) is 42.2 Å². The van der Waals surface area contributed by atoms with Crippen LogP contribution < -0.4 is 15.4 Å². The summed E-state index contributed by atoms with van der Waals surface area (Å²) in [5, 5.41) is 9.81. The van der Waals surface area contributed by atoms with Crippen LogP contribution in [-0.2, 0) is 13.0 Å². The SMILES string of the molecule is COc1ccc(CNC(=O)Nc2ccccc2Cc2nc(C3CC3)no2)cc1. The fraction of sp³-hybridized carbons (Fsp3) is 0.286. The molecule has 28 heavy (non-hydrogen) atoms. The normalized spacial score (nSPS) is 13.2. The molecule has 0 spiro atoms. The summed E-state index contributed by atoms with van der Waals surface area (Å²) >= 11 is 0. The predicted octanol–water partition coefficient (Wildman–Crippen LogP) is 3.87. The van der Waals surface area contributed by atoms with E-state index >= 15 is 0 Å². The number of ether oxygens (including phenoxy) is 1. The fourth-order valence-corrected chi connectivity index (χ4v) is 2.90. The molecular weight excluding hydrogens is 356 g/mol. The van der Waals surface area contributed by atoms with Crippen LogP contribution in [0.5, 0.6) is 5.75 Å². The molecular formula is C21H22N4O3. The van der Waals surface area contributed by atoms with E-state index in [2.05, 4.69) is 20.8 Å². The molecule has 7 nitrogen and oxygen atoms in total. The topological polar surface area (TPSA) is 89.3 Å². The van der Waals surface area contributed by atoms with E-state index < -0.39 is 0 Å². The van der Waals surface area contributed by atoms with Gasteiger partial charge in [0.2, 0.25) is 5.89 Å². The molecule has 1 saturated carbocycles. The summed E-state index contributed by atoms with van der Waals surface area (Å²) in [5.74, 6) is 2.59. The number of rotatable bonds is 7. The van der Waals surface area contributed by atoms with Gasteiger partial charge in [0.15, 0.2) is 5.82 Å². The van der Waals surface area contributed by atoms with Gasteiger partial charge in [-0.3, -0.25) is 0 Å². The maximum absolute atomic E-state index is 12.3. The van der Waals surface area contributed by atoms with Gasteiger partial charge < -0.3 is 19.9 Å². The molecule has 0 saturated heterocycles. The highest BCUT2D eigenvalue weighted by molar-refractivity contribution is 5.90. The molecule has 144 valence electrons.